The average molecular weight is 357 g/mol. The molecular weight excluding hydrogens is 334 g/mol. The first-order valence-electron chi connectivity index (χ1n) is 8.32. The summed E-state index contributed by atoms with van der Waals surface area (Å²) in [4.78, 5) is 0.337. The predicted octanol–water partition coefficient (Wildman–Crippen LogP) is 3.52. The maximum absolute atomic E-state index is 13.1. The third-order valence-electron chi connectivity index (χ3n) is 4.73. The van der Waals surface area contributed by atoms with E-state index in [0.717, 1.165) is 22.4 Å². The van der Waals surface area contributed by atoms with E-state index in [-0.39, 0.29) is 5.92 Å². The van der Waals surface area contributed by atoms with Crippen LogP contribution in [0.25, 0.3) is 0 Å². The number of sulfonamides is 1. The van der Waals surface area contributed by atoms with Crippen LogP contribution in [0.1, 0.15) is 22.6 Å². The highest BCUT2D eigenvalue weighted by Gasteiger charge is 2.30. The normalized spacial score (nSPS) is 18.2. The van der Waals surface area contributed by atoms with Crippen molar-refractivity contribution in [3.63, 3.8) is 0 Å². The summed E-state index contributed by atoms with van der Waals surface area (Å²) in [7, 11) is -1.89. The minimum atomic E-state index is -3.52. The molecule has 0 radical (unpaired) electrons. The van der Waals surface area contributed by atoms with E-state index in [9.17, 15) is 8.42 Å². The summed E-state index contributed by atoms with van der Waals surface area (Å²) in [6.07, 6.45) is 2.50. The second-order valence-corrected chi connectivity index (χ2v) is 8.27. The lowest BCUT2D eigenvalue weighted by molar-refractivity contribution is 0.411. The van der Waals surface area contributed by atoms with Gasteiger partial charge in [-0.25, -0.2) is 8.42 Å². The van der Waals surface area contributed by atoms with Crippen molar-refractivity contribution < 1.29 is 13.2 Å². The highest BCUT2D eigenvalue weighted by Crippen LogP contribution is 2.32. The van der Waals surface area contributed by atoms with Gasteiger partial charge in [0.2, 0.25) is 10.0 Å². The van der Waals surface area contributed by atoms with Crippen LogP contribution in [0.3, 0.4) is 0 Å². The zero-order chi connectivity index (χ0) is 18.0. The van der Waals surface area contributed by atoms with E-state index in [1.165, 1.54) is 0 Å². The van der Waals surface area contributed by atoms with E-state index < -0.39 is 10.0 Å². The van der Waals surface area contributed by atoms with Crippen molar-refractivity contribution in [3.8, 4) is 5.75 Å². The van der Waals surface area contributed by atoms with Gasteiger partial charge in [-0.1, -0.05) is 29.8 Å². The molecule has 0 unspecified atom stereocenters. The van der Waals surface area contributed by atoms with Crippen LogP contribution in [-0.4, -0.2) is 32.9 Å². The van der Waals surface area contributed by atoms with Gasteiger partial charge >= 0.3 is 0 Å². The Labute approximate surface area is 149 Å². The van der Waals surface area contributed by atoms with Gasteiger partial charge < -0.3 is 4.74 Å². The summed E-state index contributed by atoms with van der Waals surface area (Å²) in [5.41, 5.74) is 3.28. The highest BCUT2D eigenvalue weighted by atomic mass is 32.2. The molecule has 0 saturated carbocycles. The summed E-state index contributed by atoms with van der Waals surface area (Å²) >= 11 is 0. The molecule has 25 heavy (non-hydrogen) atoms. The predicted molar refractivity (Wildman–Crippen MR) is 99.6 cm³/mol. The molecule has 2 aromatic rings. The Kier molecular flexibility index (Phi) is 4.97. The van der Waals surface area contributed by atoms with Gasteiger partial charge in [0.15, 0.2) is 0 Å². The lowest BCUT2D eigenvalue weighted by Gasteiger charge is -2.23. The fourth-order valence-electron chi connectivity index (χ4n) is 3.21. The number of rotatable bonds is 4. The van der Waals surface area contributed by atoms with E-state index in [2.05, 4.69) is 6.58 Å². The largest absolute Gasteiger partial charge is 0.497 e. The van der Waals surface area contributed by atoms with Crippen LogP contribution >= 0.6 is 0 Å². The minimum absolute atomic E-state index is 0.0622. The third kappa shape index (κ3) is 3.48. The van der Waals surface area contributed by atoms with Gasteiger partial charge in [-0.05, 0) is 48.7 Å². The molecule has 1 aliphatic heterocycles. The number of hydrogen-bond donors (Lipinski definition) is 0. The van der Waals surface area contributed by atoms with Gasteiger partial charge in [0.1, 0.15) is 5.75 Å². The van der Waals surface area contributed by atoms with Gasteiger partial charge in [0, 0.05) is 19.0 Å². The number of aryl methyl sites for hydroxylation is 1. The van der Waals surface area contributed by atoms with Crippen molar-refractivity contribution in [1.82, 2.24) is 4.31 Å². The smallest absolute Gasteiger partial charge is 0.243 e. The van der Waals surface area contributed by atoms with Crippen molar-refractivity contribution in [3.05, 3.63) is 71.8 Å². The molecule has 0 amide bonds. The Bertz CT molecular complexity index is 872. The standard InChI is InChI=1S/C20H23NO3S/c1-4-16-14-21(25(22,23)19-9-5-15(2)6-10-19)12-11-17-7-8-18(24-3)13-20(16)17/h4-10,13,16H,1,11-12,14H2,2-3H3/t16-/m0/s1. The lowest BCUT2D eigenvalue weighted by Crippen LogP contribution is -2.34. The molecular formula is C20H23NO3S. The number of fused-ring (bicyclic) bond motifs is 1. The molecule has 0 bridgehead atoms. The highest BCUT2D eigenvalue weighted by molar-refractivity contribution is 7.89. The number of benzene rings is 2. The number of methoxy groups -OCH3 is 1. The van der Waals surface area contributed by atoms with E-state index in [4.69, 9.17) is 4.74 Å². The zero-order valence-corrected chi connectivity index (χ0v) is 15.4. The summed E-state index contributed by atoms with van der Waals surface area (Å²) in [5.74, 6) is 0.716. The van der Waals surface area contributed by atoms with Crippen molar-refractivity contribution in [2.24, 2.45) is 0 Å². The summed E-state index contributed by atoms with van der Waals surface area (Å²) in [5, 5.41) is 0. The molecule has 1 atom stereocenters. The van der Waals surface area contributed by atoms with E-state index >= 15 is 0 Å². The molecule has 3 rings (SSSR count). The maximum Gasteiger partial charge on any atom is 0.243 e. The van der Waals surface area contributed by atoms with Crippen molar-refractivity contribution in [2.75, 3.05) is 20.2 Å². The molecule has 0 saturated heterocycles. The molecule has 1 aliphatic rings. The van der Waals surface area contributed by atoms with Crippen LogP contribution < -0.4 is 4.74 Å². The van der Waals surface area contributed by atoms with Crippen molar-refractivity contribution >= 4 is 10.0 Å². The quantitative estimate of drug-likeness (QED) is 0.787. The van der Waals surface area contributed by atoms with Crippen LogP contribution in [0, 0.1) is 6.92 Å². The molecule has 4 nitrogen and oxygen atoms in total. The van der Waals surface area contributed by atoms with Crippen molar-refractivity contribution in [1.29, 1.82) is 0 Å². The molecule has 5 heteroatoms. The molecule has 0 aromatic heterocycles. The first kappa shape index (κ1) is 17.7. The Hall–Kier alpha value is -2.11. The van der Waals surface area contributed by atoms with E-state index in [1.807, 2.05) is 43.3 Å². The summed E-state index contributed by atoms with van der Waals surface area (Å²) < 4.78 is 33.0. The van der Waals surface area contributed by atoms with E-state index in [1.54, 1.807) is 23.5 Å². The second kappa shape index (κ2) is 7.02. The Morgan fingerprint density at radius 1 is 1.20 bits per heavy atom. The van der Waals surface area contributed by atoms with Gasteiger partial charge in [-0.2, -0.15) is 4.31 Å². The fraction of sp³-hybridized carbons (Fsp3) is 0.300. The molecule has 132 valence electrons. The van der Waals surface area contributed by atoms with Crippen LogP contribution in [0.4, 0.5) is 0 Å². The first-order chi connectivity index (χ1) is 12.0. The topological polar surface area (TPSA) is 46.6 Å². The third-order valence-corrected chi connectivity index (χ3v) is 6.61. The number of hydrogen-bond acceptors (Lipinski definition) is 3. The molecule has 0 aliphatic carbocycles. The van der Waals surface area contributed by atoms with Gasteiger partial charge in [-0.15, -0.1) is 6.58 Å². The van der Waals surface area contributed by atoms with Crippen LogP contribution in [-0.2, 0) is 16.4 Å². The van der Waals surface area contributed by atoms with E-state index in [0.29, 0.717) is 24.4 Å². The molecule has 0 fully saturated rings. The molecule has 0 spiro atoms. The fourth-order valence-corrected chi connectivity index (χ4v) is 4.67. The monoisotopic (exact) mass is 357 g/mol. The summed E-state index contributed by atoms with van der Waals surface area (Å²) in [6, 6.07) is 12.9. The molecule has 2 aromatic carbocycles. The van der Waals surface area contributed by atoms with Crippen molar-refractivity contribution in [2.45, 2.75) is 24.2 Å². The Balaban J connectivity index is 1.96. The SMILES string of the molecule is C=C[C@H]1CN(S(=O)(=O)c2ccc(C)cc2)CCc2ccc(OC)cc21. The van der Waals surface area contributed by atoms with Crippen LogP contribution in [0.2, 0.25) is 0 Å². The Morgan fingerprint density at radius 2 is 1.92 bits per heavy atom. The minimum Gasteiger partial charge on any atom is -0.497 e. The number of ether oxygens (including phenoxy) is 1. The lowest BCUT2D eigenvalue weighted by atomic mass is 9.94. The van der Waals surface area contributed by atoms with Crippen LogP contribution in [0.5, 0.6) is 5.75 Å². The van der Waals surface area contributed by atoms with Crippen LogP contribution in [0.15, 0.2) is 60.0 Å². The number of nitrogens with zero attached hydrogens (tertiary/aromatic N) is 1. The van der Waals surface area contributed by atoms with Gasteiger partial charge in [0.25, 0.3) is 0 Å². The zero-order valence-electron chi connectivity index (χ0n) is 14.6. The van der Waals surface area contributed by atoms with Gasteiger partial charge in [-0.3, -0.25) is 0 Å². The summed E-state index contributed by atoms with van der Waals surface area (Å²) in [6.45, 7) is 6.71. The average Bonchev–Trinajstić information content (AvgIpc) is 2.81. The Morgan fingerprint density at radius 3 is 2.56 bits per heavy atom. The molecule has 1 heterocycles. The second-order valence-electron chi connectivity index (χ2n) is 6.33. The van der Waals surface area contributed by atoms with Gasteiger partial charge in [0.05, 0.1) is 12.0 Å². The molecule has 0 N–H and O–H groups in total. The first-order valence-corrected chi connectivity index (χ1v) is 9.76. The maximum atomic E-state index is 13.1.